The summed E-state index contributed by atoms with van der Waals surface area (Å²) >= 11 is 0. The van der Waals surface area contributed by atoms with E-state index in [1.807, 2.05) is 18.7 Å². The van der Waals surface area contributed by atoms with Crippen molar-refractivity contribution >= 4 is 0 Å². The van der Waals surface area contributed by atoms with Crippen molar-refractivity contribution in [2.75, 3.05) is 0 Å². The van der Waals surface area contributed by atoms with Crippen molar-refractivity contribution in [1.82, 2.24) is 9.78 Å². The largest absolute Gasteiger partial charge is 0.268 e. The minimum atomic E-state index is 0.636. The van der Waals surface area contributed by atoms with Gasteiger partial charge < -0.3 is 0 Å². The summed E-state index contributed by atoms with van der Waals surface area (Å²) in [6.45, 7) is 6.52. The highest BCUT2D eigenvalue weighted by Gasteiger charge is 2.06. The molecule has 0 saturated heterocycles. The summed E-state index contributed by atoms with van der Waals surface area (Å²) < 4.78 is 1.94. The second kappa shape index (κ2) is 4.74. The molecule has 0 radical (unpaired) electrons. The molecule has 1 unspecified atom stereocenters. The van der Waals surface area contributed by atoms with Crippen LogP contribution < -0.4 is 0 Å². The van der Waals surface area contributed by atoms with Crippen molar-refractivity contribution in [3.8, 4) is 11.3 Å². The molecule has 2 rings (SSSR count). The average molecular weight is 228 g/mol. The van der Waals surface area contributed by atoms with Crippen LogP contribution in [0.1, 0.15) is 37.4 Å². The van der Waals surface area contributed by atoms with E-state index in [0.717, 1.165) is 5.69 Å². The first-order chi connectivity index (χ1) is 8.11. The Bertz CT molecular complexity index is 494. The molecule has 90 valence electrons. The highest BCUT2D eigenvalue weighted by Crippen LogP contribution is 2.24. The van der Waals surface area contributed by atoms with Gasteiger partial charge in [0, 0.05) is 7.05 Å². The van der Waals surface area contributed by atoms with Crippen molar-refractivity contribution in [3.05, 3.63) is 41.6 Å². The molecule has 0 spiro atoms. The molecule has 0 bridgehead atoms. The number of rotatable bonds is 3. The highest BCUT2D eigenvalue weighted by atomic mass is 15.3. The van der Waals surface area contributed by atoms with Crippen LogP contribution in [0.3, 0.4) is 0 Å². The quantitative estimate of drug-likeness (QED) is 0.778. The van der Waals surface area contributed by atoms with Crippen LogP contribution in [0.2, 0.25) is 0 Å². The predicted molar refractivity (Wildman–Crippen MR) is 72.1 cm³/mol. The maximum absolute atomic E-state index is 4.38. The van der Waals surface area contributed by atoms with Gasteiger partial charge in [-0.2, -0.15) is 5.10 Å². The van der Waals surface area contributed by atoms with Crippen molar-refractivity contribution < 1.29 is 0 Å². The Morgan fingerprint density at radius 1 is 1.24 bits per heavy atom. The van der Waals surface area contributed by atoms with E-state index in [2.05, 4.69) is 49.3 Å². The van der Waals surface area contributed by atoms with E-state index in [1.54, 1.807) is 0 Å². The zero-order valence-electron chi connectivity index (χ0n) is 11.1. The highest BCUT2D eigenvalue weighted by molar-refractivity contribution is 5.60. The Kier molecular flexibility index (Phi) is 3.32. The zero-order valence-corrected chi connectivity index (χ0v) is 11.1. The number of aryl methyl sites for hydroxylation is 2. The third-order valence-corrected chi connectivity index (χ3v) is 3.39. The van der Waals surface area contributed by atoms with Crippen LogP contribution in [-0.4, -0.2) is 9.78 Å². The standard InChI is InChI=1S/C15H20N2/c1-5-11(2)13-6-8-14(9-7-13)15-10-12(3)16-17(15)4/h6-11H,5H2,1-4H3. The maximum Gasteiger partial charge on any atom is 0.0681 e. The molecule has 0 amide bonds. The third-order valence-electron chi connectivity index (χ3n) is 3.39. The van der Waals surface area contributed by atoms with E-state index in [-0.39, 0.29) is 0 Å². The Morgan fingerprint density at radius 3 is 2.35 bits per heavy atom. The predicted octanol–water partition coefficient (Wildman–Crippen LogP) is 3.91. The van der Waals surface area contributed by atoms with Gasteiger partial charge in [0.25, 0.3) is 0 Å². The smallest absolute Gasteiger partial charge is 0.0681 e. The van der Waals surface area contributed by atoms with E-state index in [4.69, 9.17) is 0 Å². The molecule has 0 N–H and O–H groups in total. The lowest BCUT2D eigenvalue weighted by Gasteiger charge is -2.09. The van der Waals surface area contributed by atoms with Gasteiger partial charge >= 0.3 is 0 Å². The molecule has 2 heteroatoms. The van der Waals surface area contributed by atoms with Crippen molar-refractivity contribution in [1.29, 1.82) is 0 Å². The molecule has 0 fully saturated rings. The summed E-state index contributed by atoms with van der Waals surface area (Å²) in [7, 11) is 1.99. The summed E-state index contributed by atoms with van der Waals surface area (Å²) in [4.78, 5) is 0. The Balaban J connectivity index is 2.32. The fourth-order valence-electron chi connectivity index (χ4n) is 2.10. The first-order valence-electron chi connectivity index (χ1n) is 6.22. The molecule has 1 aromatic heterocycles. The SMILES string of the molecule is CCC(C)c1ccc(-c2cc(C)nn2C)cc1. The van der Waals surface area contributed by atoms with Crippen LogP contribution in [0.15, 0.2) is 30.3 Å². The molecule has 1 heterocycles. The van der Waals surface area contributed by atoms with Gasteiger partial charge in [-0.1, -0.05) is 38.1 Å². The minimum Gasteiger partial charge on any atom is -0.268 e. The van der Waals surface area contributed by atoms with Crippen molar-refractivity contribution in [2.24, 2.45) is 7.05 Å². The topological polar surface area (TPSA) is 17.8 Å². The molecule has 1 aromatic carbocycles. The van der Waals surface area contributed by atoms with Gasteiger partial charge in [0.05, 0.1) is 11.4 Å². The molecule has 2 nitrogen and oxygen atoms in total. The second-order valence-corrected chi connectivity index (χ2v) is 4.73. The Morgan fingerprint density at radius 2 is 1.88 bits per heavy atom. The molecule has 0 saturated carbocycles. The van der Waals surface area contributed by atoms with Gasteiger partial charge in [0.15, 0.2) is 0 Å². The van der Waals surface area contributed by atoms with Crippen LogP contribution in [0, 0.1) is 6.92 Å². The van der Waals surface area contributed by atoms with Gasteiger partial charge in [-0.05, 0) is 36.5 Å². The summed E-state index contributed by atoms with van der Waals surface area (Å²) in [5.41, 5.74) is 4.89. The van der Waals surface area contributed by atoms with Gasteiger partial charge in [0.2, 0.25) is 0 Å². The molecule has 0 aliphatic rings. The van der Waals surface area contributed by atoms with Crippen LogP contribution >= 0.6 is 0 Å². The molecular weight excluding hydrogens is 208 g/mol. The maximum atomic E-state index is 4.38. The number of benzene rings is 1. The Hall–Kier alpha value is -1.57. The fourth-order valence-corrected chi connectivity index (χ4v) is 2.10. The molecule has 0 aliphatic carbocycles. The van der Waals surface area contributed by atoms with Gasteiger partial charge in [-0.15, -0.1) is 0 Å². The number of aromatic nitrogens is 2. The fraction of sp³-hybridized carbons (Fsp3) is 0.400. The lowest BCUT2D eigenvalue weighted by atomic mass is 9.97. The normalized spacial score (nSPS) is 12.7. The number of hydrogen-bond donors (Lipinski definition) is 0. The van der Waals surface area contributed by atoms with E-state index >= 15 is 0 Å². The molecule has 0 aliphatic heterocycles. The second-order valence-electron chi connectivity index (χ2n) is 4.73. The van der Waals surface area contributed by atoms with Crippen LogP contribution in [-0.2, 0) is 7.05 Å². The van der Waals surface area contributed by atoms with Gasteiger partial charge in [0.1, 0.15) is 0 Å². The lowest BCUT2D eigenvalue weighted by Crippen LogP contribution is -1.95. The van der Waals surface area contributed by atoms with Crippen LogP contribution in [0.5, 0.6) is 0 Å². The lowest BCUT2D eigenvalue weighted by molar-refractivity contribution is 0.733. The van der Waals surface area contributed by atoms with E-state index in [9.17, 15) is 0 Å². The molecular formula is C15H20N2. The summed E-state index contributed by atoms with van der Waals surface area (Å²) in [6.07, 6.45) is 1.18. The minimum absolute atomic E-state index is 0.636. The van der Waals surface area contributed by atoms with Gasteiger partial charge in [-0.25, -0.2) is 0 Å². The van der Waals surface area contributed by atoms with Crippen molar-refractivity contribution in [2.45, 2.75) is 33.1 Å². The summed E-state index contributed by atoms with van der Waals surface area (Å²) in [6, 6.07) is 11.0. The van der Waals surface area contributed by atoms with Crippen LogP contribution in [0.25, 0.3) is 11.3 Å². The first-order valence-corrected chi connectivity index (χ1v) is 6.22. The molecule has 2 aromatic rings. The van der Waals surface area contributed by atoms with E-state index in [1.165, 1.54) is 23.2 Å². The first kappa shape index (κ1) is 11.9. The van der Waals surface area contributed by atoms with E-state index < -0.39 is 0 Å². The van der Waals surface area contributed by atoms with Gasteiger partial charge in [-0.3, -0.25) is 4.68 Å². The summed E-state index contributed by atoms with van der Waals surface area (Å²) in [5, 5.41) is 4.38. The molecule has 17 heavy (non-hydrogen) atoms. The van der Waals surface area contributed by atoms with E-state index in [0.29, 0.717) is 5.92 Å². The number of nitrogens with zero attached hydrogens (tertiary/aromatic N) is 2. The van der Waals surface area contributed by atoms with Crippen LogP contribution in [0.4, 0.5) is 0 Å². The third kappa shape index (κ3) is 2.41. The van der Waals surface area contributed by atoms with Crippen molar-refractivity contribution in [3.63, 3.8) is 0 Å². The number of hydrogen-bond acceptors (Lipinski definition) is 1. The Labute approximate surface area is 103 Å². The molecule has 1 atom stereocenters. The average Bonchev–Trinajstić information content (AvgIpc) is 2.68. The summed E-state index contributed by atoms with van der Waals surface area (Å²) in [5.74, 6) is 0.636. The monoisotopic (exact) mass is 228 g/mol. The zero-order chi connectivity index (χ0) is 12.4.